The summed E-state index contributed by atoms with van der Waals surface area (Å²) in [5.74, 6) is 2.69. The summed E-state index contributed by atoms with van der Waals surface area (Å²) in [5.41, 5.74) is 1.83. The van der Waals surface area contributed by atoms with Crippen molar-refractivity contribution >= 4 is 0 Å². The number of allylic oxidation sites excluding steroid dienone is 1. The lowest BCUT2D eigenvalue weighted by Gasteiger charge is -2.61. The molecule has 0 heterocycles. The zero-order chi connectivity index (χ0) is 19.8. The predicted octanol–water partition coefficient (Wildman–Crippen LogP) is 5.72. The van der Waals surface area contributed by atoms with Crippen molar-refractivity contribution in [2.24, 2.45) is 39.9 Å². The number of hydrogen-bond donors (Lipinski definition) is 2. The van der Waals surface area contributed by atoms with Crippen molar-refractivity contribution in [3.05, 3.63) is 11.6 Å². The van der Waals surface area contributed by atoms with Crippen LogP contribution in [0.25, 0.3) is 0 Å². The van der Waals surface area contributed by atoms with Gasteiger partial charge in [-0.1, -0.05) is 39.3 Å². The van der Waals surface area contributed by atoms with Gasteiger partial charge in [-0.05, 0) is 105 Å². The third kappa shape index (κ3) is 2.65. The standard InChI is InChI=1S/C25H42O2/c1-16(22(2,3)27)24(5)13-11-21-19-8-7-17-15-18(26)9-12-23(17,4)20(19)10-14-25(21,24)6/h7,16,18-21,26-27H,8-15H2,1-6H3/t16-,18+,19?,20?,21?,23+,24-,25+/m1/s1. The summed E-state index contributed by atoms with van der Waals surface area (Å²) < 4.78 is 0. The molecule has 0 aromatic rings. The van der Waals surface area contributed by atoms with Gasteiger partial charge in [0.15, 0.2) is 0 Å². The molecule has 2 heteroatoms. The Kier molecular flexibility index (Phi) is 4.49. The normalized spacial score (nSPS) is 51.0. The molecule has 0 amide bonds. The van der Waals surface area contributed by atoms with Crippen LogP contribution in [0.5, 0.6) is 0 Å². The molecule has 2 N–H and O–H groups in total. The lowest BCUT2D eigenvalue weighted by atomic mass is 9.44. The minimum atomic E-state index is -0.616. The first kappa shape index (κ1) is 20.0. The van der Waals surface area contributed by atoms with Crippen LogP contribution in [0, 0.1) is 39.9 Å². The van der Waals surface area contributed by atoms with Gasteiger partial charge in [-0.25, -0.2) is 0 Å². The second kappa shape index (κ2) is 6.08. The van der Waals surface area contributed by atoms with Gasteiger partial charge in [0, 0.05) is 0 Å². The van der Waals surface area contributed by atoms with E-state index in [0.717, 1.165) is 30.6 Å². The third-order valence-electron chi connectivity index (χ3n) is 10.8. The number of hydrogen-bond acceptors (Lipinski definition) is 2. The van der Waals surface area contributed by atoms with Gasteiger partial charge in [0.05, 0.1) is 11.7 Å². The zero-order valence-corrected chi connectivity index (χ0v) is 18.5. The van der Waals surface area contributed by atoms with Gasteiger partial charge < -0.3 is 10.2 Å². The van der Waals surface area contributed by atoms with E-state index in [-0.39, 0.29) is 11.5 Å². The molecule has 3 fully saturated rings. The van der Waals surface area contributed by atoms with E-state index in [2.05, 4.69) is 33.8 Å². The van der Waals surface area contributed by atoms with E-state index in [1.54, 1.807) is 5.57 Å². The molecule has 4 rings (SSSR count). The fourth-order valence-corrected chi connectivity index (χ4v) is 8.44. The van der Waals surface area contributed by atoms with E-state index in [9.17, 15) is 10.2 Å². The average molecular weight is 375 g/mol. The average Bonchev–Trinajstić information content (AvgIpc) is 2.86. The minimum absolute atomic E-state index is 0.114. The smallest absolute Gasteiger partial charge is 0.0622 e. The van der Waals surface area contributed by atoms with E-state index in [1.165, 1.54) is 38.5 Å². The van der Waals surface area contributed by atoms with Crippen LogP contribution < -0.4 is 0 Å². The molecule has 0 saturated heterocycles. The lowest BCUT2D eigenvalue weighted by molar-refractivity contribution is -0.125. The number of fused-ring (bicyclic) bond motifs is 5. The van der Waals surface area contributed by atoms with Crippen molar-refractivity contribution in [1.82, 2.24) is 0 Å². The van der Waals surface area contributed by atoms with Crippen LogP contribution in [0.1, 0.15) is 92.9 Å². The second-order valence-electron chi connectivity index (χ2n) is 11.9. The highest BCUT2D eigenvalue weighted by Gasteiger charge is 2.64. The van der Waals surface area contributed by atoms with Crippen LogP contribution in [0.2, 0.25) is 0 Å². The molecule has 0 aliphatic heterocycles. The van der Waals surface area contributed by atoms with Gasteiger partial charge in [-0.3, -0.25) is 0 Å². The van der Waals surface area contributed by atoms with Crippen molar-refractivity contribution in [2.75, 3.05) is 0 Å². The largest absolute Gasteiger partial charge is 0.393 e. The van der Waals surface area contributed by atoms with Crippen LogP contribution in [-0.4, -0.2) is 21.9 Å². The highest BCUT2D eigenvalue weighted by molar-refractivity contribution is 5.26. The summed E-state index contributed by atoms with van der Waals surface area (Å²) in [5, 5.41) is 21.0. The molecule has 3 unspecified atom stereocenters. The van der Waals surface area contributed by atoms with Gasteiger partial charge in [0.25, 0.3) is 0 Å². The second-order valence-corrected chi connectivity index (χ2v) is 11.9. The van der Waals surface area contributed by atoms with Crippen molar-refractivity contribution in [2.45, 2.75) is 105 Å². The first-order valence-corrected chi connectivity index (χ1v) is 11.5. The summed E-state index contributed by atoms with van der Waals surface area (Å²) in [6, 6.07) is 0. The van der Waals surface area contributed by atoms with Crippen LogP contribution in [0.15, 0.2) is 11.6 Å². The quantitative estimate of drug-likeness (QED) is 0.607. The molecule has 4 aliphatic rings. The highest BCUT2D eigenvalue weighted by Crippen LogP contribution is 2.71. The molecule has 0 spiro atoms. The van der Waals surface area contributed by atoms with Crippen LogP contribution in [0.4, 0.5) is 0 Å². The number of aliphatic hydroxyl groups excluding tert-OH is 1. The summed E-state index contributed by atoms with van der Waals surface area (Å²) in [6.07, 6.45) is 11.9. The van der Waals surface area contributed by atoms with Gasteiger partial charge in [0.1, 0.15) is 0 Å². The Morgan fingerprint density at radius 2 is 1.70 bits per heavy atom. The SMILES string of the molecule is C[C@H](C(C)(C)O)[C@@]1(C)CCC2C3CC=C4C[C@@H](O)CC[C@]4(C)C3CC[C@@]21C. The molecule has 4 aliphatic carbocycles. The van der Waals surface area contributed by atoms with Crippen LogP contribution >= 0.6 is 0 Å². The zero-order valence-electron chi connectivity index (χ0n) is 18.5. The highest BCUT2D eigenvalue weighted by atomic mass is 16.3. The Bertz CT molecular complexity index is 631. The van der Waals surface area contributed by atoms with Crippen molar-refractivity contribution < 1.29 is 10.2 Å². The summed E-state index contributed by atoms with van der Waals surface area (Å²) in [6.45, 7) is 13.9. The molecular formula is C25H42O2. The summed E-state index contributed by atoms with van der Waals surface area (Å²) in [7, 11) is 0. The van der Waals surface area contributed by atoms with Crippen molar-refractivity contribution in [3.63, 3.8) is 0 Å². The van der Waals surface area contributed by atoms with Gasteiger partial charge >= 0.3 is 0 Å². The maximum atomic E-state index is 10.8. The Balaban J connectivity index is 1.67. The molecule has 2 nitrogen and oxygen atoms in total. The molecular weight excluding hydrogens is 332 g/mol. The fourth-order valence-electron chi connectivity index (χ4n) is 8.44. The Morgan fingerprint density at radius 3 is 2.37 bits per heavy atom. The lowest BCUT2D eigenvalue weighted by Crippen LogP contribution is -2.55. The summed E-state index contributed by atoms with van der Waals surface area (Å²) >= 11 is 0. The van der Waals surface area contributed by atoms with Crippen LogP contribution in [-0.2, 0) is 0 Å². The van der Waals surface area contributed by atoms with Crippen molar-refractivity contribution in [3.8, 4) is 0 Å². The molecule has 0 aromatic heterocycles. The van der Waals surface area contributed by atoms with E-state index in [0.29, 0.717) is 16.7 Å². The van der Waals surface area contributed by atoms with Crippen LogP contribution in [0.3, 0.4) is 0 Å². The van der Waals surface area contributed by atoms with E-state index in [4.69, 9.17) is 0 Å². The molecule has 8 atom stereocenters. The predicted molar refractivity (Wildman–Crippen MR) is 111 cm³/mol. The summed E-state index contributed by atoms with van der Waals surface area (Å²) in [4.78, 5) is 0. The fraction of sp³-hybridized carbons (Fsp3) is 0.920. The first-order chi connectivity index (χ1) is 12.4. The minimum Gasteiger partial charge on any atom is -0.393 e. The molecule has 27 heavy (non-hydrogen) atoms. The monoisotopic (exact) mass is 374 g/mol. The maximum absolute atomic E-state index is 10.8. The Hall–Kier alpha value is -0.340. The van der Waals surface area contributed by atoms with Gasteiger partial charge in [0.2, 0.25) is 0 Å². The topological polar surface area (TPSA) is 40.5 Å². The van der Waals surface area contributed by atoms with Gasteiger partial charge in [-0.15, -0.1) is 0 Å². The number of rotatable bonds is 2. The Morgan fingerprint density at radius 1 is 1.04 bits per heavy atom. The molecule has 0 aromatic carbocycles. The molecule has 0 bridgehead atoms. The van der Waals surface area contributed by atoms with E-state index >= 15 is 0 Å². The Labute approximate surface area is 166 Å². The maximum Gasteiger partial charge on any atom is 0.0622 e. The van der Waals surface area contributed by atoms with Gasteiger partial charge in [-0.2, -0.15) is 0 Å². The van der Waals surface area contributed by atoms with E-state index in [1.807, 2.05) is 13.8 Å². The third-order valence-corrected chi connectivity index (χ3v) is 10.8. The number of aliphatic hydroxyl groups is 2. The van der Waals surface area contributed by atoms with Crippen molar-refractivity contribution in [1.29, 1.82) is 0 Å². The molecule has 0 radical (unpaired) electrons. The molecule has 3 saturated carbocycles. The molecule has 154 valence electrons. The van der Waals surface area contributed by atoms with E-state index < -0.39 is 5.60 Å². The first-order valence-electron chi connectivity index (χ1n) is 11.5.